The number of benzene rings is 2. The maximum absolute atomic E-state index is 10.1. The number of hydrogen-bond acceptors (Lipinski definition) is 5. The van der Waals surface area contributed by atoms with E-state index in [-0.39, 0.29) is 18.2 Å². The van der Waals surface area contributed by atoms with Crippen molar-refractivity contribution in [1.29, 1.82) is 0 Å². The van der Waals surface area contributed by atoms with Gasteiger partial charge >= 0.3 is 0 Å². The number of rotatable bonds is 11. The lowest BCUT2D eigenvalue weighted by molar-refractivity contribution is 0.169. The van der Waals surface area contributed by atoms with Gasteiger partial charge in [-0.05, 0) is 68.1 Å². The highest BCUT2D eigenvalue weighted by Crippen LogP contribution is 2.19. The second kappa shape index (κ2) is 11.7. The van der Waals surface area contributed by atoms with E-state index in [0.29, 0.717) is 19.7 Å². The minimum absolute atomic E-state index is 0.251. The average molecular weight is 432 g/mol. The van der Waals surface area contributed by atoms with Gasteiger partial charge in [0.25, 0.3) is 0 Å². The highest BCUT2D eigenvalue weighted by Gasteiger charge is 2.31. The van der Waals surface area contributed by atoms with E-state index < -0.39 is 0 Å². The van der Waals surface area contributed by atoms with Gasteiger partial charge in [0.15, 0.2) is 0 Å². The summed E-state index contributed by atoms with van der Waals surface area (Å²) in [7, 11) is 0. The van der Waals surface area contributed by atoms with Crippen LogP contribution in [-0.2, 0) is 12.8 Å². The smallest absolute Gasteiger partial charge is 0.119 e. The molecule has 1 aliphatic heterocycles. The molecular formula is C24H34ClN3O2. The highest BCUT2D eigenvalue weighted by atomic mass is 35.5. The second-order valence-corrected chi connectivity index (χ2v) is 8.48. The van der Waals surface area contributed by atoms with Gasteiger partial charge in [-0.3, -0.25) is 4.90 Å². The van der Waals surface area contributed by atoms with Crippen molar-refractivity contribution in [1.82, 2.24) is 10.2 Å². The Morgan fingerprint density at radius 3 is 2.53 bits per heavy atom. The summed E-state index contributed by atoms with van der Waals surface area (Å²) in [4.78, 5) is 2.33. The van der Waals surface area contributed by atoms with Gasteiger partial charge < -0.3 is 20.9 Å². The molecule has 1 saturated heterocycles. The summed E-state index contributed by atoms with van der Waals surface area (Å²) in [6.45, 7) is 5.69. The lowest BCUT2D eigenvalue weighted by Gasteiger charge is -2.29. The molecule has 1 heterocycles. The molecule has 0 radical (unpaired) electrons. The van der Waals surface area contributed by atoms with Crippen molar-refractivity contribution < 1.29 is 9.84 Å². The van der Waals surface area contributed by atoms with Crippen LogP contribution >= 0.6 is 11.6 Å². The van der Waals surface area contributed by atoms with Crippen LogP contribution in [0.25, 0.3) is 0 Å². The van der Waals surface area contributed by atoms with Crippen LogP contribution in [0.3, 0.4) is 0 Å². The molecule has 0 aliphatic carbocycles. The monoisotopic (exact) mass is 431 g/mol. The fourth-order valence-electron chi connectivity index (χ4n) is 4.16. The van der Waals surface area contributed by atoms with E-state index in [2.05, 4.69) is 34.5 Å². The van der Waals surface area contributed by atoms with Crippen molar-refractivity contribution in [2.75, 3.05) is 32.8 Å². The Hall–Kier alpha value is -1.63. The first-order valence-electron chi connectivity index (χ1n) is 10.9. The number of hydrogen-bond donors (Lipinski definition) is 3. The number of β-amino-alcohol motifs (C(OH)–C–C–N with tert-alkyl or cyclic N) is 1. The van der Waals surface area contributed by atoms with Crippen molar-refractivity contribution in [3.05, 3.63) is 64.7 Å². The van der Waals surface area contributed by atoms with E-state index in [1.54, 1.807) is 0 Å². The Morgan fingerprint density at radius 1 is 1.17 bits per heavy atom. The molecule has 6 heteroatoms. The van der Waals surface area contributed by atoms with Crippen molar-refractivity contribution in [3.8, 4) is 5.75 Å². The number of aliphatic hydroxyl groups is 1. The number of nitrogens with one attached hydrogen (secondary N) is 1. The fraction of sp³-hybridized carbons (Fsp3) is 0.500. The molecule has 3 rings (SSSR count). The van der Waals surface area contributed by atoms with Crippen LogP contribution in [0.5, 0.6) is 5.75 Å². The van der Waals surface area contributed by atoms with Crippen LogP contribution in [0.4, 0.5) is 0 Å². The summed E-state index contributed by atoms with van der Waals surface area (Å²) in [5.41, 5.74) is 8.49. The number of nitrogens with zero attached hydrogens (tertiary/aromatic N) is 1. The average Bonchev–Trinajstić information content (AvgIpc) is 3.10. The second-order valence-electron chi connectivity index (χ2n) is 8.04. The molecule has 4 N–H and O–H groups in total. The van der Waals surface area contributed by atoms with Crippen LogP contribution < -0.4 is 15.8 Å². The molecule has 30 heavy (non-hydrogen) atoms. The molecule has 0 bridgehead atoms. The summed E-state index contributed by atoms with van der Waals surface area (Å²) in [6.07, 6.45) is 2.34. The molecule has 0 aromatic heterocycles. The zero-order valence-electron chi connectivity index (χ0n) is 17.8. The summed E-state index contributed by atoms with van der Waals surface area (Å²) in [5.74, 6) is 0.902. The first-order valence-corrected chi connectivity index (χ1v) is 11.3. The van der Waals surface area contributed by atoms with Gasteiger partial charge in [-0.1, -0.05) is 35.9 Å². The third-order valence-corrected chi connectivity index (χ3v) is 5.96. The minimum atomic E-state index is -0.279. The third kappa shape index (κ3) is 6.96. The van der Waals surface area contributed by atoms with Crippen molar-refractivity contribution in [2.45, 2.75) is 44.4 Å². The SMILES string of the molecule is CCOc1ccc(C[C@@H](CN2C[C@H](O)C[C@H]2CN)NCCc2ccc(Cl)cc2)cc1. The molecule has 0 amide bonds. The lowest BCUT2D eigenvalue weighted by atomic mass is 10.0. The number of halogens is 1. The Labute approximate surface area is 185 Å². The van der Waals surface area contributed by atoms with E-state index in [1.165, 1.54) is 11.1 Å². The normalized spacial score (nSPS) is 20.4. The fourth-order valence-corrected chi connectivity index (χ4v) is 4.28. The van der Waals surface area contributed by atoms with E-state index in [1.807, 2.05) is 31.2 Å². The molecule has 3 atom stereocenters. The first-order chi connectivity index (χ1) is 14.6. The van der Waals surface area contributed by atoms with Gasteiger partial charge in [0.2, 0.25) is 0 Å². The molecular weight excluding hydrogens is 398 g/mol. The van der Waals surface area contributed by atoms with Crippen LogP contribution in [0, 0.1) is 0 Å². The predicted molar refractivity (Wildman–Crippen MR) is 123 cm³/mol. The van der Waals surface area contributed by atoms with E-state index in [4.69, 9.17) is 22.1 Å². The van der Waals surface area contributed by atoms with Crippen molar-refractivity contribution >= 4 is 11.6 Å². The molecule has 1 fully saturated rings. The topological polar surface area (TPSA) is 70.8 Å². The summed E-state index contributed by atoms with van der Waals surface area (Å²) in [6, 6.07) is 16.9. The Balaban J connectivity index is 1.61. The van der Waals surface area contributed by atoms with E-state index >= 15 is 0 Å². The Kier molecular flexibility index (Phi) is 8.97. The number of aliphatic hydroxyl groups excluding tert-OH is 1. The van der Waals surface area contributed by atoms with Gasteiger partial charge in [0.1, 0.15) is 5.75 Å². The largest absolute Gasteiger partial charge is 0.494 e. The van der Waals surface area contributed by atoms with Crippen molar-refractivity contribution in [3.63, 3.8) is 0 Å². The minimum Gasteiger partial charge on any atom is -0.494 e. The maximum Gasteiger partial charge on any atom is 0.119 e. The van der Waals surface area contributed by atoms with Crippen molar-refractivity contribution in [2.24, 2.45) is 5.73 Å². The first kappa shape index (κ1) is 23.0. The summed E-state index contributed by atoms with van der Waals surface area (Å²) >= 11 is 5.99. The summed E-state index contributed by atoms with van der Waals surface area (Å²) in [5, 5.41) is 14.6. The highest BCUT2D eigenvalue weighted by molar-refractivity contribution is 6.30. The standard InChI is InChI=1S/C24H34ClN3O2/c1-2-30-24-9-5-19(6-10-24)13-21(16-28-17-23(29)14-22(28)15-26)27-12-11-18-3-7-20(25)8-4-18/h3-10,21-23,27,29H,2,11-17,26H2,1H3/t21-,22-,23+/m0/s1. The van der Waals surface area contributed by atoms with Gasteiger partial charge in [-0.2, -0.15) is 0 Å². The molecule has 0 saturated carbocycles. The van der Waals surface area contributed by atoms with E-state index in [9.17, 15) is 5.11 Å². The van der Waals surface area contributed by atoms with E-state index in [0.717, 1.165) is 43.1 Å². The number of likely N-dealkylation sites (tertiary alicyclic amines) is 1. The predicted octanol–water partition coefficient (Wildman–Crippen LogP) is 2.88. The zero-order valence-corrected chi connectivity index (χ0v) is 18.5. The van der Waals surface area contributed by atoms with Gasteiger partial charge in [0.05, 0.1) is 12.7 Å². The third-order valence-electron chi connectivity index (χ3n) is 5.71. The molecule has 0 unspecified atom stereocenters. The van der Waals surface area contributed by atoms with Gasteiger partial charge in [-0.15, -0.1) is 0 Å². The summed E-state index contributed by atoms with van der Waals surface area (Å²) < 4.78 is 5.56. The maximum atomic E-state index is 10.1. The van der Waals surface area contributed by atoms with Gasteiger partial charge in [0, 0.05) is 36.7 Å². The number of ether oxygens (including phenoxy) is 1. The quantitative estimate of drug-likeness (QED) is 0.510. The molecule has 2 aromatic rings. The van der Waals surface area contributed by atoms with Crippen LogP contribution in [0.1, 0.15) is 24.5 Å². The Morgan fingerprint density at radius 2 is 1.87 bits per heavy atom. The molecule has 2 aromatic carbocycles. The lowest BCUT2D eigenvalue weighted by Crippen LogP contribution is -2.46. The zero-order chi connectivity index (χ0) is 21.3. The van der Waals surface area contributed by atoms with Crippen LogP contribution in [0.15, 0.2) is 48.5 Å². The Bertz CT molecular complexity index is 754. The molecule has 0 spiro atoms. The number of nitrogens with two attached hydrogens (primary N) is 1. The van der Waals surface area contributed by atoms with Crippen LogP contribution in [-0.4, -0.2) is 61.0 Å². The molecule has 164 valence electrons. The molecule has 1 aliphatic rings. The van der Waals surface area contributed by atoms with Gasteiger partial charge in [-0.25, -0.2) is 0 Å². The molecule has 5 nitrogen and oxygen atoms in total. The van der Waals surface area contributed by atoms with Crippen LogP contribution in [0.2, 0.25) is 5.02 Å².